The molecule has 0 aliphatic rings. The summed E-state index contributed by atoms with van der Waals surface area (Å²) in [5, 5.41) is 13.7. The number of primary amides is 1. The lowest BCUT2D eigenvalue weighted by Gasteiger charge is -2.15. The fourth-order valence-electron chi connectivity index (χ4n) is 1.61. The molecule has 0 radical (unpaired) electrons. The number of carbonyl (C=O) groups excluding carboxylic acids is 2. The number of hydrogen-bond acceptors (Lipinski definition) is 4. The van der Waals surface area contributed by atoms with Crippen molar-refractivity contribution in [3.63, 3.8) is 0 Å². The van der Waals surface area contributed by atoms with Crippen molar-refractivity contribution in [1.82, 2.24) is 5.32 Å². The summed E-state index contributed by atoms with van der Waals surface area (Å²) in [6.07, 6.45) is -0.212. The van der Waals surface area contributed by atoms with Crippen molar-refractivity contribution in [2.24, 2.45) is 5.73 Å². The summed E-state index contributed by atoms with van der Waals surface area (Å²) in [6, 6.07) is 4.77. The first-order valence-electron chi connectivity index (χ1n) is 6.15. The van der Waals surface area contributed by atoms with Crippen LogP contribution in [0.4, 0.5) is 10.5 Å². The number of nitrogens with two attached hydrogens (primary N) is 1. The Labute approximate surface area is 121 Å². The molecule has 8 nitrogen and oxygen atoms in total. The van der Waals surface area contributed by atoms with Crippen molar-refractivity contribution >= 4 is 23.6 Å². The molecule has 0 aromatic heterocycles. The average Bonchev–Trinajstić information content (AvgIpc) is 2.43. The van der Waals surface area contributed by atoms with Crippen LogP contribution in [0.25, 0.3) is 0 Å². The number of urea groups is 1. The highest BCUT2D eigenvalue weighted by Gasteiger charge is 2.20. The molecule has 1 aromatic carbocycles. The number of rotatable bonds is 7. The molecule has 1 unspecified atom stereocenters. The van der Waals surface area contributed by atoms with Crippen molar-refractivity contribution in [3.05, 3.63) is 24.3 Å². The van der Waals surface area contributed by atoms with Crippen LogP contribution in [0.2, 0.25) is 0 Å². The third-order valence-corrected chi connectivity index (χ3v) is 2.64. The summed E-state index contributed by atoms with van der Waals surface area (Å²) in [6.45, 7) is 0. The molecule has 0 bridgehead atoms. The summed E-state index contributed by atoms with van der Waals surface area (Å²) in [5.41, 5.74) is 5.36. The zero-order valence-electron chi connectivity index (χ0n) is 11.5. The molecule has 5 N–H and O–H groups in total. The van der Waals surface area contributed by atoms with Crippen LogP contribution in [0.5, 0.6) is 5.75 Å². The van der Waals surface area contributed by atoms with E-state index >= 15 is 0 Å². The summed E-state index contributed by atoms with van der Waals surface area (Å²) in [4.78, 5) is 33.5. The van der Waals surface area contributed by atoms with Gasteiger partial charge in [0.1, 0.15) is 11.8 Å². The Morgan fingerprint density at radius 3 is 2.57 bits per heavy atom. The molecule has 1 rings (SSSR count). The number of para-hydroxylation sites is 2. The van der Waals surface area contributed by atoms with Crippen molar-refractivity contribution in [2.45, 2.75) is 18.9 Å². The minimum atomic E-state index is -1.24. The van der Waals surface area contributed by atoms with Gasteiger partial charge in [0.15, 0.2) is 0 Å². The van der Waals surface area contributed by atoms with E-state index in [0.717, 1.165) is 0 Å². The third kappa shape index (κ3) is 5.39. The average molecular weight is 295 g/mol. The van der Waals surface area contributed by atoms with E-state index in [1.807, 2.05) is 0 Å². The van der Waals surface area contributed by atoms with E-state index in [4.69, 9.17) is 15.6 Å². The lowest BCUT2D eigenvalue weighted by Crippen LogP contribution is -2.43. The number of amides is 3. The highest BCUT2D eigenvalue weighted by molar-refractivity contribution is 5.93. The predicted molar refractivity (Wildman–Crippen MR) is 75.0 cm³/mol. The summed E-state index contributed by atoms with van der Waals surface area (Å²) in [5.74, 6) is -1.43. The monoisotopic (exact) mass is 295 g/mol. The topological polar surface area (TPSA) is 131 Å². The van der Waals surface area contributed by atoms with E-state index in [2.05, 4.69) is 10.6 Å². The van der Waals surface area contributed by atoms with Crippen LogP contribution >= 0.6 is 0 Å². The van der Waals surface area contributed by atoms with Gasteiger partial charge in [0.05, 0.1) is 12.8 Å². The van der Waals surface area contributed by atoms with Crippen molar-refractivity contribution in [1.29, 1.82) is 0 Å². The minimum absolute atomic E-state index is 0.0794. The van der Waals surface area contributed by atoms with Crippen molar-refractivity contribution in [2.75, 3.05) is 12.4 Å². The van der Waals surface area contributed by atoms with Crippen molar-refractivity contribution < 1.29 is 24.2 Å². The number of benzene rings is 1. The number of nitrogens with one attached hydrogen (secondary N) is 2. The van der Waals surface area contributed by atoms with Gasteiger partial charge in [-0.25, -0.2) is 9.59 Å². The second-order valence-corrected chi connectivity index (χ2v) is 4.19. The normalized spacial score (nSPS) is 11.3. The van der Waals surface area contributed by atoms with E-state index in [0.29, 0.717) is 11.4 Å². The van der Waals surface area contributed by atoms with Crippen LogP contribution in [0.15, 0.2) is 24.3 Å². The lowest BCUT2D eigenvalue weighted by atomic mass is 10.1. The van der Waals surface area contributed by atoms with Crippen LogP contribution in [-0.4, -0.2) is 36.2 Å². The van der Waals surface area contributed by atoms with E-state index in [9.17, 15) is 14.4 Å². The maximum absolute atomic E-state index is 11.8. The Balaban J connectivity index is 2.65. The molecule has 0 saturated carbocycles. The number of carbonyl (C=O) groups is 3. The Hall–Kier alpha value is -2.77. The van der Waals surface area contributed by atoms with E-state index in [1.165, 1.54) is 7.11 Å². The highest BCUT2D eigenvalue weighted by Crippen LogP contribution is 2.22. The fraction of sp³-hybridized carbons (Fsp3) is 0.308. The minimum Gasteiger partial charge on any atom is -0.495 e. The Morgan fingerprint density at radius 1 is 1.33 bits per heavy atom. The first-order chi connectivity index (χ1) is 9.93. The molecule has 0 saturated heterocycles. The van der Waals surface area contributed by atoms with Gasteiger partial charge in [0.25, 0.3) is 0 Å². The van der Waals surface area contributed by atoms with Gasteiger partial charge in [0, 0.05) is 6.42 Å². The zero-order chi connectivity index (χ0) is 15.8. The van der Waals surface area contributed by atoms with Crippen molar-refractivity contribution in [3.8, 4) is 5.75 Å². The second-order valence-electron chi connectivity index (χ2n) is 4.19. The SMILES string of the molecule is COc1ccccc1NC(=O)NC(CCC(N)=O)C(=O)O. The number of carboxylic acids is 1. The predicted octanol–water partition coefficient (Wildman–Crippen LogP) is 0.535. The zero-order valence-corrected chi connectivity index (χ0v) is 11.5. The summed E-state index contributed by atoms with van der Waals surface area (Å²) < 4.78 is 5.06. The van der Waals surface area contributed by atoms with E-state index in [1.54, 1.807) is 24.3 Å². The van der Waals surface area contributed by atoms with Crippen LogP contribution in [0.3, 0.4) is 0 Å². The van der Waals surface area contributed by atoms with Gasteiger partial charge in [-0.15, -0.1) is 0 Å². The summed E-state index contributed by atoms with van der Waals surface area (Å²) >= 11 is 0. The first kappa shape index (κ1) is 16.3. The molecule has 1 atom stereocenters. The molecular formula is C13H17N3O5. The Morgan fingerprint density at radius 2 is 2.00 bits per heavy atom. The van der Waals surface area contributed by atoms with E-state index in [-0.39, 0.29) is 12.8 Å². The van der Waals surface area contributed by atoms with Crippen LogP contribution in [0, 0.1) is 0 Å². The number of hydrogen-bond donors (Lipinski definition) is 4. The first-order valence-corrected chi connectivity index (χ1v) is 6.15. The molecule has 0 aliphatic carbocycles. The number of methoxy groups -OCH3 is 1. The quantitative estimate of drug-likeness (QED) is 0.583. The number of ether oxygens (including phenoxy) is 1. The fourth-order valence-corrected chi connectivity index (χ4v) is 1.61. The molecule has 114 valence electrons. The summed E-state index contributed by atoms with van der Waals surface area (Å²) in [7, 11) is 1.45. The number of anilines is 1. The smallest absolute Gasteiger partial charge is 0.326 e. The molecule has 0 fully saturated rings. The molecule has 0 heterocycles. The molecule has 1 aromatic rings. The van der Waals surface area contributed by atoms with Gasteiger partial charge < -0.3 is 26.2 Å². The lowest BCUT2D eigenvalue weighted by molar-refractivity contribution is -0.139. The maximum Gasteiger partial charge on any atom is 0.326 e. The molecule has 0 spiro atoms. The highest BCUT2D eigenvalue weighted by atomic mass is 16.5. The van der Waals surface area contributed by atoms with Gasteiger partial charge in [-0.2, -0.15) is 0 Å². The van der Waals surface area contributed by atoms with Crippen LogP contribution < -0.4 is 21.1 Å². The van der Waals surface area contributed by atoms with Gasteiger partial charge >= 0.3 is 12.0 Å². The molecule has 3 amide bonds. The van der Waals surface area contributed by atoms with Crippen LogP contribution in [0.1, 0.15) is 12.8 Å². The van der Waals surface area contributed by atoms with Gasteiger partial charge in [0.2, 0.25) is 5.91 Å². The maximum atomic E-state index is 11.8. The standard InChI is InChI=1S/C13H17N3O5/c1-21-10-5-3-2-4-8(10)15-13(20)16-9(12(18)19)6-7-11(14)17/h2-5,9H,6-7H2,1H3,(H2,14,17)(H,18,19)(H2,15,16,20). The molecule has 0 aliphatic heterocycles. The van der Waals surface area contributed by atoms with Gasteiger partial charge in [-0.05, 0) is 18.6 Å². The molecule has 8 heteroatoms. The Kier molecular flexibility index (Phi) is 5.99. The molecular weight excluding hydrogens is 278 g/mol. The van der Waals surface area contributed by atoms with Gasteiger partial charge in [-0.3, -0.25) is 4.79 Å². The van der Waals surface area contributed by atoms with Crippen LogP contribution in [-0.2, 0) is 9.59 Å². The third-order valence-electron chi connectivity index (χ3n) is 2.64. The Bertz CT molecular complexity index is 532. The number of aliphatic carboxylic acids is 1. The number of carboxylic acid groups (broad SMARTS) is 1. The van der Waals surface area contributed by atoms with Gasteiger partial charge in [-0.1, -0.05) is 12.1 Å². The second kappa shape index (κ2) is 7.73. The van der Waals surface area contributed by atoms with E-state index < -0.39 is 23.9 Å². The largest absolute Gasteiger partial charge is 0.495 e. The molecule has 21 heavy (non-hydrogen) atoms.